The topological polar surface area (TPSA) is 79.8 Å². The number of aryl methyl sites for hydroxylation is 1. The van der Waals surface area contributed by atoms with Gasteiger partial charge in [0, 0.05) is 18.7 Å². The Morgan fingerprint density at radius 1 is 1.64 bits per heavy atom. The van der Waals surface area contributed by atoms with Crippen molar-refractivity contribution in [2.75, 3.05) is 0 Å². The van der Waals surface area contributed by atoms with Crippen LogP contribution in [0.1, 0.15) is 18.5 Å². The summed E-state index contributed by atoms with van der Waals surface area (Å²) in [5.41, 5.74) is 0.484. The van der Waals surface area contributed by atoms with E-state index in [9.17, 15) is 10.1 Å². The van der Waals surface area contributed by atoms with Crippen molar-refractivity contribution >= 4 is 5.69 Å². The monoisotopic (exact) mass is 191 g/mol. The Hall–Kier alpha value is -1.96. The highest BCUT2D eigenvalue weighted by Gasteiger charge is 2.12. The molecule has 1 aromatic rings. The summed E-state index contributed by atoms with van der Waals surface area (Å²) >= 11 is 0. The van der Waals surface area contributed by atoms with Crippen molar-refractivity contribution in [3.63, 3.8) is 0 Å². The number of hydrogen-bond donors (Lipinski definition) is 0. The molecule has 0 radical (unpaired) electrons. The van der Waals surface area contributed by atoms with Crippen LogP contribution in [0.4, 0.5) is 5.69 Å². The smallest absolute Gasteiger partial charge is 0.258 e. The average Bonchev–Trinajstić information content (AvgIpc) is 2.19. The normalized spacial score (nSPS) is 9.36. The Bertz CT molecular complexity index is 371. The maximum atomic E-state index is 10.6. The molecule has 5 heteroatoms. The van der Waals surface area contributed by atoms with E-state index in [0.29, 0.717) is 25.0 Å². The van der Waals surface area contributed by atoms with Crippen molar-refractivity contribution in [1.82, 2.24) is 4.98 Å². The largest absolute Gasteiger partial charge is 0.290 e. The van der Waals surface area contributed by atoms with Crippen LogP contribution in [0.25, 0.3) is 0 Å². The van der Waals surface area contributed by atoms with Crippen molar-refractivity contribution in [1.29, 1.82) is 5.26 Å². The maximum absolute atomic E-state index is 10.6. The standard InChI is InChI=1S/C9H9N3O2/c10-6-2-1-4-8-9(12(13)14)5-3-7-11-8/h3,5,7H,1-2,4H2. The molecule has 1 aromatic heterocycles. The van der Waals surface area contributed by atoms with Crippen LogP contribution in [0.5, 0.6) is 0 Å². The molecule has 72 valence electrons. The molecule has 0 aliphatic heterocycles. The van der Waals surface area contributed by atoms with Gasteiger partial charge < -0.3 is 0 Å². The third-order valence-corrected chi connectivity index (χ3v) is 1.77. The fraction of sp³-hybridized carbons (Fsp3) is 0.333. The summed E-state index contributed by atoms with van der Waals surface area (Å²) in [4.78, 5) is 14.0. The van der Waals surface area contributed by atoms with Gasteiger partial charge in [-0.3, -0.25) is 15.1 Å². The molecule has 0 unspecified atom stereocenters. The van der Waals surface area contributed by atoms with Gasteiger partial charge in [0.05, 0.1) is 11.0 Å². The van der Waals surface area contributed by atoms with Crippen LogP contribution in [0.15, 0.2) is 18.3 Å². The summed E-state index contributed by atoms with van der Waals surface area (Å²) in [6.07, 6.45) is 3.00. The van der Waals surface area contributed by atoms with E-state index in [0.717, 1.165) is 0 Å². The van der Waals surface area contributed by atoms with Crippen LogP contribution >= 0.6 is 0 Å². The van der Waals surface area contributed by atoms with Crippen LogP contribution < -0.4 is 0 Å². The SMILES string of the molecule is N#CCCCc1ncccc1[N+](=O)[O-]. The molecule has 0 aliphatic carbocycles. The number of nitrogens with zero attached hydrogens (tertiary/aromatic N) is 3. The number of aromatic nitrogens is 1. The molecule has 0 N–H and O–H groups in total. The Morgan fingerprint density at radius 2 is 2.43 bits per heavy atom. The average molecular weight is 191 g/mol. The fourth-order valence-corrected chi connectivity index (χ4v) is 1.12. The molecular weight excluding hydrogens is 182 g/mol. The Morgan fingerprint density at radius 3 is 3.07 bits per heavy atom. The minimum atomic E-state index is -0.450. The van der Waals surface area contributed by atoms with Crippen molar-refractivity contribution in [3.05, 3.63) is 34.1 Å². The second-order valence-corrected chi connectivity index (χ2v) is 2.74. The lowest BCUT2D eigenvalue weighted by atomic mass is 10.1. The molecule has 0 aromatic carbocycles. The predicted molar refractivity (Wildman–Crippen MR) is 49.4 cm³/mol. The molecule has 1 rings (SSSR count). The van der Waals surface area contributed by atoms with Gasteiger partial charge in [-0.05, 0) is 18.9 Å². The Balaban J connectivity index is 2.75. The highest BCUT2D eigenvalue weighted by Crippen LogP contribution is 2.16. The number of nitriles is 1. The van der Waals surface area contributed by atoms with Crippen molar-refractivity contribution in [3.8, 4) is 6.07 Å². The highest BCUT2D eigenvalue weighted by atomic mass is 16.6. The lowest BCUT2D eigenvalue weighted by Gasteiger charge is -1.98. The van der Waals surface area contributed by atoms with Crippen LogP contribution in [0.3, 0.4) is 0 Å². The van der Waals surface area contributed by atoms with E-state index in [1.54, 1.807) is 0 Å². The number of hydrogen-bond acceptors (Lipinski definition) is 4. The molecule has 0 spiro atoms. The van der Waals surface area contributed by atoms with Gasteiger partial charge in [0.1, 0.15) is 5.69 Å². The molecule has 0 amide bonds. The first kappa shape index (κ1) is 10.1. The molecule has 0 aliphatic rings. The third kappa shape index (κ3) is 2.52. The number of rotatable bonds is 4. The number of nitro groups is 1. The minimum Gasteiger partial charge on any atom is -0.258 e. The van der Waals surface area contributed by atoms with Crippen LogP contribution in [0, 0.1) is 21.4 Å². The van der Waals surface area contributed by atoms with Gasteiger partial charge in [0.15, 0.2) is 0 Å². The van der Waals surface area contributed by atoms with E-state index in [2.05, 4.69) is 4.98 Å². The van der Waals surface area contributed by atoms with Gasteiger partial charge in [-0.2, -0.15) is 5.26 Å². The zero-order chi connectivity index (χ0) is 10.4. The van der Waals surface area contributed by atoms with Gasteiger partial charge in [-0.15, -0.1) is 0 Å². The number of pyridine rings is 1. The van der Waals surface area contributed by atoms with E-state index in [4.69, 9.17) is 5.26 Å². The van der Waals surface area contributed by atoms with E-state index in [-0.39, 0.29) is 5.69 Å². The lowest BCUT2D eigenvalue weighted by Crippen LogP contribution is -1.97. The summed E-state index contributed by atoms with van der Waals surface area (Å²) in [6, 6.07) is 4.95. The fourth-order valence-electron chi connectivity index (χ4n) is 1.12. The lowest BCUT2D eigenvalue weighted by molar-refractivity contribution is -0.385. The first-order valence-electron chi connectivity index (χ1n) is 4.21. The third-order valence-electron chi connectivity index (χ3n) is 1.77. The molecular formula is C9H9N3O2. The van der Waals surface area contributed by atoms with Crippen LogP contribution in [-0.2, 0) is 6.42 Å². The molecule has 1 heterocycles. The first-order valence-corrected chi connectivity index (χ1v) is 4.21. The number of unbranched alkanes of at least 4 members (excludes halogenated alkanes) is 1. The summed E-state index contributed by atoms with van der Waals surface area (Å²) in [5, 5.41) is 18.9. The summed E-state index contributed by atoms with van der Waals surface area (Å²) in [6.45, 7) is 0. The quantitative estimate of drug-likeness (QED) is 0.413. The molecule has 5 nitrogen and oxygen atoms in total. The molecule has 0 atom stereocenters. The van der Waals surface area contributed by atoms with Gasteiger partial charge in [-0.25, -0.2) is 0 Å². The van der Waals surface area contributed by atoms with E-state index in [1.165, 1.54) is 18.3 Å². The maximum Gasteiger partial charge on any atom is 0.290 e. The summed E-state index contributed by atoms with van der Waals surface area (Å²) in [7, 11) is 0. The van der Waals surface area contributed by atoms with Crippen LogP contribution in [0.2, 0.25) is 0 Å². The van der Waals surface area contributed by atoms with Crippen LogP contribution in [-0.4, -0.2) is 9.91 Å². The molecule has 0 saturated carbocycles. The molecule has 0 saturated heterocycles. The zero-order valence-electron chi connectivity index (χ0n) is 7.51. The van der Waals surface area contributed by atoms with E-state index in [1.807, 2.05) is 6.07 Å². The predicted octanol–water partition coefficient (Wildman–Crippen LogP) is 1.84. The van der Waals surface area contributed by atoms with Gasteiger partial charge in [0.2, 0.25) is 0 Å². The second kappa shape index (κ2) is 4.92. The highest BCUT2D eigenvalue weighted by molar-refractivity contribution is 5.34. The minimum absolute atomic E-state index is 0.0328. The Kier molecular flexibility index (Phi) is 3.56. The summed E-state index contributed by atoms with van der Waals surface area (Å²) in [5.74, 6) is 0. The van der Waals surface area contributed by atoms with Gasteiger partial charge in [0.25, 0.3) is 5.69 Å². The van der Waals surface area contributed by atoms with Crippen molar-refractivity contribution < 1.29 is 4.92 Å². The van der Waals surface area contributed by atoms with Gasteiger partial charge in [-0.1, -0.05) is 0 Å². The van der Waals surface area contributed by atoms with Gasteiger partial charge >= 0.3 is 0 Å². The molecule has 0 fully saturated rings. The van der Waals surface area contributed by atoms with Crippen molar-refractivity contribution in [2.45, 2.75) is 19.3 Å². The zero-order valence-corrected chi connectivity index (χ0v) is 7.51. The molecule has 0 bridgehead atoms. The van der Waals surface area contributed by atoms with Crippen molar-refractivity contribution in [2.24, 2.45) is 0 Å². The van der Waals surface area contributed by atoms with E-state index < -0.39 is 4.92 Å². The Labute approximate surface area is 81.2 Å². The van der Waals surface area contributed by atoms with E-state index >= 15 is 0 Å². The first-order chi connectivity index (χ1) is 6.75. The summed E-state index contributed by atoms with van der Waals surface area (Å²) < 4.78 is 0. The second-order valence-electron chi connectivity index (χ2n) is 2.74. The molecule has 14 heavy (non-hydrogen) atoms.